The topological polar surface area (TPSA) is 52.8 Å². The number of hydrogen-bond donors (Lipinski definition) is 0. The Balaban J connectivity index is 1.92. The van der Waals surface area contributed by atoms with E-state index in [2.05, 4.69) is 15.2 Å². The lowest BCUT2D eigenvalue weighted by molar-refractivity contribution is -0.137. The van der Waals surface area contributed by atoms with Gasteiger partial charge in [-0.2, -0.15) is 13.2 Å². The molecule has 1 aromatic carbocycles. The van der Waals surface area contributed by atoms with Crippen LogP contribution < -0.4 is 4.74 Å². The summed E-state index contributed by atoms with van der Waals surface area (Å²) < 4.78 is 46.9. The van der Waals surface area contributed by atoms with Crippen LogP contribution in [0.5, 0.6) is 5.88 Å². The maximum Gasteiger partial charge on any atom is 0.417 e. The van der Waals surface area contributed by atoms with Gasteiger partial charge in [0, 0.05) is 24.9 Å². The van der Waals surface area contributed by atoms with Gasteiger partial charge in [0.05, 0.1) is 10.6 Å². The summed E-state index contributed by atoms with van der Waals surface area (Å²) in [5, 5.41) is 8.39. The monoisotopic (exact) mass is 382 g/mol. The van der Waals surface area contributed by atoms with Gasteiger partial charge in [-0.05, 0) is 19.1 Å². The fraction of sp³-hybridized carbons (Fsp3) is 0.235. The highest BCUT2D eigenvalue weighted by Crippen LogP contribution is 2.36. The number of hydrogen-bond acceptors (Lipinski definition) is 4. The van der Waals surface area contributed by atoms with Gasteiger partial charge in [-0.1, -0.05) is 29.8 Å². The fourth-order valence-corrected chi connectivity index (χ4v) is 2.63. The average molecular weight is 383 g/mol. The number of nitrogens with zero attached hydrogens (tertiary/aromatic N) is 4. The van der Waals surface area contributed by atoms with Crippen LogP contribution in [0.15, 0.2) is 42.6 Å². The Morgan fingerprint density at radius 3 is 2.50 bits per heavy atom. The molecule has 5 nitrogen and oxygen atoms in total. The van der Waals surface area contributed by atoms with Crippen molar-refractivity contribution in [3.63, 3.8) is 0 Å². The van der Waals surface area contributed by atoms with Gasteiger partial charge in [-0.25, -0.2) is 4.98 Å². The van der Waals surface area contributed by atoms with E-state index < -0.39 is 17.8 Å². The molecule has 3 rings (SSSR count). The first-order valence-corrected chi connectivity index (χ1v) is 7.99. The number of pyridine rings is 1. The summed E-state index contributed by atoms with van der Waals surface area (Å²) in [4.78, 5) is 4.02. The van der Waals surface area contributed by atoms with Gasteiger partial charge in [-0.15, -0.1) is 10.2 Å². The second-order valence-electron chi connectivity index (χ2n) is 5.56. The fourth-order valence-electron chi connectivity index (χ4n) is 2.52. The van der Waals surface area contributed by atoms with Gasteiger partial charge in [0.25, 0.3) is 0 Å². The summed E-state index contributed by atoms with van der Waals surface area (Å²) in [7, 11) is 1.59. The molecule has 0 saturated carbocycles. The van der Waals surface area contributed by atoms with Crippen molar-refractivity contribution in [1.29, 1.82) is 0 Å². The first-order chi connectivity index (χ1) is 12.3. The number of halogens is 4. The first kappa shape index (κ1) is 18.2. The van der Waals surface area contributed by atoms with Crippen LogP contribution in [0.2, 0.25) is 5.02 Å². The largest absolute Gasteiger partial charge is 0.466 e. The summed E-state index contributed by atoms with van der Waals surface area (Å²) >= 11 is 5.78. The molecule has 0 aliphatic heterocycles. The lowest BCUT2D eigenvalue weighted by Crippen LogP contribution is -2.12. The molecule has 0 saturated heterocycles. The van der Waals surface area contributed by atoms with Crippen LogP contribution in [0.3, 0.4) is 0 Å². The predicted molar refractivity (Wildman–Crippen MR) is 89.7 cm³/mol. The van der Waals surface area contributed by atoms with Crippen LogP contribution in [0, 0.1) is 0 Å². The Kier molecular flexibility index (Phi) is 4.86. The second kappa shape index (κ2) is 6.95. The molecule has 0 aliphatic rings. The smallest absolute Gasteiger partial charge is 0.417 e. The molecule has 9 heteroatoms. The highest BCUT2D eigenvalue weighted by Gasteiger charge is 2.34. The van der Waals surface area contributed by atoms with Crippen LogP contribution >= 0.6 is 11.6 Å². The number of rotatable bonds is 4. The van der Waals surface area contributed by atoms with E-state index in [1.165, 1.54) is 29.0 Å². The van der Waals surface area contributed by atoms with E-state index >= 15 is 0 Å². The molecule has 1 atom stereocenters. The number of alkyl halides is 3. The summed E-state index contributed by atoms with van der Waals surface area (Å²) in [5.41, 5.74) is -0.812. The molecular weight excluding hydrogens is 369 g/mol. The molecule has 0 radical (unpaired) electrons. The van der Waals surface area contributed by atoms with Crippen molar-refractivity contribution in [2.24, 2.45) is 7.05 Å². The SMILES string of the molecule is CC(Oc1ccc(Cl)cn1)c1nnc(-c2ccccc2C(F)(F)F)n1C. The Morgan fingerprint density at radius 2 is 1.85 bits per heavy atom. The molecule has 0 bridgehead atoms. The first-order valence-electron chi connectivity index (χ1n) is 7.61. The van der Waals surface area contributed by atoms with Crippen LogP contribution in [0.1, 0.15) is 24.4 Å². The van der Waals surface area contributed by atoms with Crippen LogP contribution in [0.4, 0.5) is 13.2 Å². The third-order valence-electron chi connectivity index (χ3n) is 3.74. The van der Waals surface area contributed by atoms with E-state index in [0.29, 0.717) is 16.7 Å². The predicted octanol–water partition coefficient (Wildman–Crippen LogP) is 4.69. The summed E-state index contributed by atoms with van der Waals surface area (Å²) in [6.45, 7) is 1.71. The van der Waals surface area contributed by atoms with Gasteiger partial charge >= 0.3 is 6.18 Å². The maximum atomic E-state index is 13.3. The summed E-state index contributed by atoms with van der Waals surface area (Å²) in [6, 6.07) is 8.45. The van der Waals surface area contributed by atoms with Gasteiger partial charge in [-0.3, -0.25) is 0 Å². The highest BCUT2D eigenvalue weighted by molar-refractivity contribution is 6.30. The zero-order valence-electron chi connectivity index (χ0n) is 13.8. The van der Waals surface area contributed by atoms with Crippen LogP contribution in [0.25, 0.3) is 11.4 Å². The summed E-state index contributed by atoms with van der Waals surface area (Å²) in [5.74, 6) is 0.795. The van der Waals surface area contributed by atoms with E-state index in [1.54, 1.807) is 26.1 Å². The third-order valence-corrected chi connectivity index (χ3v) is 3.97. The normalized spacial score (nSPS) is 12.8. The molecule has 0 amide bonds. The minimum absolute atomic E-state index is 0.0435. The van der Waals surface area contributed by atoms with E-state index in [0.717, 1.165) is 6.07 Å². The Morgan fingerprint density at radius 1 is 1.12 bits per heavy atom. The molecule has 26 heavy (non-hydrogen) atoms. The van der Waals surface area contributed by atoms with E-state index in [4.69, 9.17) is 16.3 Å². The molecule has 3 aromatic rings. The van der Waals surface area contributed by atoms with Gasteiger partial charge in [0.15, 0.2) is 17.8 Å². The van der Waals surface area contributed by atoms with Crippen molar-refractivity contribution in [2.75, 3.05) is 0 Å². The third kappa shape index (κ3) is 3.65. The van der Waals surface area contributed by atoms with Crippen LogP contribution in [-0.4, -0.2) is 19.7 Å². The van der Waals surface area contributed by atoms with Crippen molar-refractivity contribution < 1.29 is 17.9 Å². The lowest BCUT2D eigenvalue weighted by atomic mass is 10.1. The second-order valence-corrected chi connectivity index (χ2v) is 6.00. The molecule has 0 fully saturated rings. The Bertz CT molecular complexity index is 909. The van der Waals surface area contributed by atoms with Crippen molar-refractivity contribution in [2.45, 2.75) is 19.2 Å². The molecular formula is C17H14ClF3N4O. The molecule has 0 spiro atoms. The van der Waals surface area contributed by atoms with Crippen molar-refractivity contribution in [3.05, 3.63) is 59.0 Å². The minimum Gasteiger partial charge on any atom is -0.466 e. The number of aromatic nitrogens is 4. The molecule has 136 valence electrons. The standard InChI is InChI=1S/C17H14ClF3N4O/c1-10(26-14-8-7-11(18)9-22-14)15-23-24-16(25(15)2)12-5-3-4-6-13(12)17(19,20)21/h3-10H,1-2H3. The van der Waals surface area contributed by atoms with Gasteiger partial charge in [0.1, 0.15) is 0 Å². The zero-order valence-corrected chi connectivity index (χ0v) is 14.6. The zero-order chi connectivity index (χ0) is 18.9. The lowest BCUT2D eigenvalue weighted by Gasteiger charge is -2.15. The number of benzene rings is 1. The van der Waals surface area contributed by atoms with Gasteiger partial charge in [0.2, 0.25) is 5.88 Å². The molecule has 2 heterocycles. The number of ether oxygens (including phenoxy) is 1. The van der Waals surface area contributed by atoms with Crippen molar-refractivity contribution in [1.82, 2.24) is 19.7 Å². The highest BCUT2D eigenvalue weighted by atomic mass is 35.5. The van der Waals surface area contributed by atoms with Gasteiger partial charge < -0.3 is 9.30 Å². The maximum absolute atomic E-state index is 13.3. The molecule has 2 aromatic heterocycles. The molecule has 0 N–H and O–H groups in total. The Hall–Kier alpha value is -2.61. The van der Waals surface area contributed by atoms with Crippen LogP contribution in [-0.2, 0) is 13.2 Å². The van der Waals surface area contributed by atoms with E-state index in [-0.39, 0.29) is 11.4 Å². The van der Waals surface area contributed by atoms with E-state index in [9.17, 15) is 13.2 Å². The quantitative estimate of drug-likeness (QED) is 0.657. The molecule has 1 unspecified atom stereocenters. The molecule has 0 aliphatic carbocycles. The average Bonchev–Trinajstić information content (AvgIpc) is 2.98. The Labute approximate surface area is 152 Å². The van der Waals surface area contributed by atoms with E-state index in [1.807, 2.05) is 0 Å². The minimum atomic E-state index is -4.49. The summed E-state index contributed by atoms with van der Waals surface area (Å²) in [6.07, 6.45) is -3.63. The van der Waals surface area contributed by atoms with Crippen molar-refractivity contribution >= 4 is 11.6 Å². The van der Waals surface area contributed by atoms with Crippen molar-refractivity contribution in [3.8, 4) is 17.3 Å².